The zero-order chi connectivity index (χ0) is 19.3. The summed E-state index contributed by atoms with van der Waals surface area (Å²) >= 11 is 0. The molecule has 0 aliphatic carbocycles. The van der Waals surface area contributed by atoms with Crippen molar-refractivity contribution in [3.63, 3.8) is 0 Å². The van der Waals surface area contributed by atoms with Crippen LogP contribution < -0.4 is 15.4 Å². The van der Waals surface area contributed by atoms with Crippen molar-refractivity contribution in [2.75, 3.05) is 53.7 Å². The Labute approximate surface area is 163 Å². The average Bonchev–Trinajstić information content (AvgIpc) is 2.73. The summed E-state index contributed by atoms with van der Waals surface area (Å²) in [6.07, 6.45) is 3.21. The number of aliphatic imine (C=N–C) groups is 1. The summed E-state index contributed by atoms with van der Waals surface area (Å²) in [4.78, 5) is 4.30. The molecule has 0 spiro atoms. The van der Waals surface area contributed by atoms with Crippen molar-refractivity contribution in [3.8, 4) is 5.75 Å². The molecule has 1 atom stereocenters. The maximum Gasteiger partial charge on any atom is 0.190 e. The highest BCUT2D eigenvalue weighted by molar-refractivity contribution is 5.79. The number of hydrogen-bond acceptors (Lipinski definition) is 4. The molecule has 6 heteroatoms. The lowest BCUT2D eigenvalue weighted by Crippen LogP contribution is -2.39. The Kier molecular flexibility index (Phi) is 10.0. The molecule has 27 heavy (non-hydrogen) atoms. The largest absolute Gasteiger partial charge is 0.496 e. The van der Waals surface area contributed by atoms with Gasteiger partial charge in [0, 0.05) is 52.5 Å². The monoisotopic (exact) mass is 377 g/mol. The number of para-hydroxylation sites is 1. The molecule has 1 unspecified atom stereocenters. The van der Waals surface area contributed by atoms with Crippen molar-refractivity contribution in [1.29, 1.82) is 0 Å². The number of guanidine groups is 1. The number of rotatable bonds is 10. The predicted molar refractivity (Wildman–Crippen MR) is 110 cm³/mol. The van der Waals surface area contributed by atoms with Crippen LogP contribution in [0.15, 0.2) is 29.3 Å². The van der Waals surface area contributed by atoms with E-state index >= 15 is 0 Å². The van der Waals surface area contributed by atoms with Crippen molar-refractivity contribution in [2.45, 2.75) is 32.1 Å². The molecule has 1 aromatic rings. The Bertz CT molecular complexity index is 559. The Morgan fingerprint density at radius 3 is 2.78 bits per heavy atom. The highest BCUT2D eigenvalue weighted by atomic mass is 16.5. The minimum atomic E-state index is 0.322. The van der Waals surface area contributed by atoms with Crippen LogP contribution in [-0.4, -0.2) is 59.6 Å². The van der Waals surface area contributed by atoms with Crippen LogP contribution in [0.5, 0.6) is 5.75 Å². The molecular weight excluding hydrogens is 342 g/mol. The number of hydrogen-bond donors (Lipinski definition) is 2. The van der Waals surface area contributed by atoms with Gasteiger partial charge < -0.3 is 24.8 Å². The number of benzene rings is 1. The van der Waals surface area contributed by atoms with E-state index in [0.29, 0.717) is 11.8 Å². The van der Waals surface area contributed by atoms with Crippen molar-refractivity contribution in [2.24, 2.45) is 10.9 Å². The number of nitrogens with one attached hydrogen (secondary N) is 2. The molecule has 6 nitrogen and oxygen atoms in total. The smallest absolute Gasteiger partial charge is 0.190 e. The molecule has 1 aliphatic heterocycles. The fraction of sp³-hybridized carbons (Fsp3) is 0.667. The van der Waals surface area contributed by atoms with Gasteiger partial charge in [-0.05, 0) is 36.8 Å². The molecule has 1 heterocycles. The Morgan fingerprint density at radius 1 is 1.26 bits per heavy atom. The first-order chi connectivity index (χ1) is 13.2. The van der Waals surface area contributed by atoms with Gasteiger partial charge in [-0.15, -0.1) is 0 Å². The first-order valence-corrected chi connectivity index (χ1v) is 9.97. The van der Waals surface area contributed by atoms with Gasteiger partial charge in [-0.3, -0.25) is 4.99 Å². The van der Waals surface area contributed by atoms with Crippen LogP contribution in [-0.2, 0) is 9.47 Å². The van der Waals surface area contributed by atoms with Gasteiger partial charge in [-0.1, -0.05) is 25.1 Å². The van der Waals surface area contributed by atoms with E-state index in [1.54, 1.807) is 14.2 Å². The van der Waals surface area contributed by atoms with Crippen molar-refractivity contribution in [1.82, 2.24) is 10.6 Å². The maximum absolute atomic E-state index is 5.80. The van der Waals surface area contributed by atoms with Crippen LogP contribution in [0, 0.1) is 5.92 Å². The second-order valence-corrected chi connectivity index (χ2v) is 7.01. The van der Waals surface area contributed by atoms with E-state index in [4.69, 9.17) is 14.2 Å². The van der Waals surface area contributed by atoms with Gasteiger partial charge in [0.1, 0.15) is 5.75 Å². The molecule has 1 aromatic carbocycles. The molecule has 2 N–H and O–H groups in total. The molecule has 1 fully saturated rings. The van der Waals surface area contributed by atoms with E-state index in [-0.39, 0.29) is 0 Å². The van der Waals surface area contributed by atoms with E-state index in [1.165, 1.54) is 5.56 Å². The van der Waals surface area contributed by atoms with E-state index < -0.39 is 0 Å². The maximum atomic E-state index is 5.80. The fourth-order valence-corrected chi connectivity index (χ4v) is 3.20. The molecule has 0 saturated carbocycles. The zero-order valence-corrected chi connectivity index (χ0v) is 17.0. The lowest BCUT2D eigenvalue weighted by Gasteiger charge is -2.21. The molecule has 0 amide bonds. The van der Waals surface area contributed by atoms with E-state index in [2.05, 4.69) is 28.6 Å². The van der Waals surface area contributed by atoms with Crippen molar-refractivity contribution < 1.29 is 14.2 Å². The Hall–Kier alpha value is -1.79. The predicted octanol–water partition coefficient (Wildman–Crippen LogP) is 2.80. The summed E-state index contributed by atoms with van der Waals surface area (Å²) in [5, 5.41) is 6.74. The molecular formula is C21H35N3O3. The number of nitrogens with zero attached hydrogens (tertiary/aromatic N) is 1. The van der Waals surface area contributed by atoms with Gasteiger partial charge >= 0.3 is 0 Å². The Balaban J connectivity index is 1.59. The first-order valence-electron chi connectivity index (χ1n) is 9.97. The standard InChI is InChI=1S/C21H35N3O3/c1-17(19-7-4-5-8-20(19)25-3)15-24-21(22-2)23-11-6-12-27-16-18-9-13-26-14-10-18/h4-5,7-8,17-18H,6,9-16H2,1-3H3,(H2,22,23,24). The molecule has 2 rings (SSSR count). The third kappa shape index (κ3) is 7.77. The minimum Gasteiger partial charge on any atom is -0.496 e. The van der Waals surface area contributed by atoms with Gasteiger partial charge in [-0.25, -0.2) is 0 Å². The summed E-state index contributed by atoms with van der Waals surface area (Å²) in [5.74, 6) is 2.73. The average molecular weight is 378 g/mol. The van der Waals surface area contributed by atoms with Gasteiger partial charge in [-0.2, -0.15) is 0 Å². The van der Waals surface area contributed by atoms with Gasteiger partial charge in [0.25, 0.3) is 0 Å². The zero-order valence-electron chi connectivity index (χ0n) is 17.0. The molecule has 0 bridgehead atoms. The fourth-order valence-electron chi connectivity index (χ4n) is 3.20. The number of ether oxygens (including phenoxy) is 3. The van der Waals surface area contributed by atoms with Crippen LogP contribution >= 0.6 is 0 Å². The van der Waals surface area contributed by atoms with Crippen molar-refractivity contribution >= 4 is 5.96 Å². The van der Waals surface area contributed by atoms with Crippen LogP contribution in [0.4, 0.5) is 0 Å². The summed E-state index contributed by atoms with van der Waals surface area (Å²) < 4.78 is 16.6. The van der Waals surface area contributed by atoms with E-state index in [9.17, 15) is 0 Å². The summed E-state index contributed by atoms with van der Waals surface area (Å²) in [7, 11) is 3.51. The van der Waals surface area contributed by atoms with Crippen LogP contribution in [0.1, 0.15) is 37.7 Å². The summed E-state index contributed by atoms with van der Waals surface area (Å²) in [6, 6.07) is 8.14. The topological polar surface area (TPSA) is 64.1 Å². The summed E-state index contributed by atoms with van der Waals surface area (Å²) in [6.45, 7) is 7.21. The third-order valence-electron chi connectivity index (χ3n) is 4.92. The first kappa shape index (κ1) is 21.5. The highest BCUT2D eigenvalue weighted by Gasteiger charge is 2.13. The second-order valence-electron chi connectivity index (χ2n) is 7.01. The van der Waals surface area contributed by atoms with Crippen LogP contribution in [0.2, 0.25) is 0 Å². The third-order valence-corrected chi connectivity index (χ3v) is 4.92. The lowest BCUT2D eigenvalue weighted by molar-refractivity contribution is 0.0203. The van der Waals surface area contributed by atoms with Gasteiger partial charge in [0.15, 0.2) is 5.96 Å². The Morgan fingerprint density at radius 2 is 2.04 bits per heavy atom. The number of methoxy groups -OCH3 is 1. The second kappa shape index (κ2) is 12.6. The normalized spacial score (nSPS) is 16.8. The van der Waals surface area contributed by atoms with Crippen LogP contribution in [0.25, 0.3) is 0 Å². The molecule has 152 valence electrons. The minimum absolute atomic E-state index is 0.322. The summed E-state index contributed by atoms with van der Waals surface area (Å²) in [5.41, 5.74) is 1.20. The SMILES string of the molecule is CN=C(NCCCOCC1CCOCC1)NCC(C)c1ccccc1OC. The van der Waals surface area contributed by atoms with Gasteiger partial charge in [0.05, 0.1) is 7.11 Å². The lowest BCUT2D eigenvalue weighted by atomic mass is 10.0. The molecule has 1 saturated heterocycles. The molecule has 0 radical (unpaired) electrons. The van der Waals surface area contributed by atoms with E-state index in [1.807, 2.05) is 18.2 Å². The van der Waals surface area contributed by atoms with Crippen LogP contribution in [0.3, 0.4) is 0 Å². The highest BCUT2D eigenvalue weighted by Crippen LogP contribution is 2.25. The quantitative estimate of drug-likeness (QED) is 0.373. The van der Waals surface area contributed by atoms with E-state index in [0.717, 1.165) is 70.5 Å². The molecule has 0 aromatic heterocycles. The van der Waals surface area contributed by atoms with Gasteiger partial charge in [0.2, 0.25) is 0 Å². The molecule has 1 aliphatic rings. The van der Waals surface area contributed by atoms with Crippen molar-refractivity contribution in [3.05, 3.63) is 29.8 Å².